The summed E-state index contributed by atoms with van der Waals surface area (Å²) in [5, 5.41) is 9.73. The molecular weight excluding hydrogens is 226 g/mol. The molecule has 0 amide bonds. The molecule has 1 aliphatic rings. The second-order valence-corrected chi connectivity index (χ2v) is 5.01. The molecule has 0 bridgehead atoms. The van der Waals surface area contributed by atoms with Crippen molar-refractivity contribution in [2.75, 3.05) is 38.1 Å². The van der Waals surface area contributed by atoms with E-state index < -0.39 is 6.10 Å². The predicted molar refractivity (Wildman–Crippen MR) is 73.8 cm³/mol. The third kappa shape index (κ3) is 3.21. The first-order chi connectivity index (χ1) is 8.70. The molecule has 1 aliphatic heterocycles. The molecule has 18 heavy (non-hydrogen) atoms. The Bertz CT molecular complexity index is 366. The van der Waals surface area contributed by atoms with E-state index in [-0.39, 0.29) is 0 Å². The lowest BCUT2D eigenvalue weighted by molar-refractivity contribution is 0.169. The highest BCUT2D eigenvalue weighted by Gasteiger charge is 2.13. The maximum absolute atomic E-state index is 9.73. The van der Waals surface area contributed by atoms with Crippen LogP contribution in [-0.4, -0.2) is 48.2 Å². The van der Waals surface area contributed by atoms with Crippen LogP contribution in [-0.2, 0) is 0 Å². The number of hydrogen-bond donors (Lipinski definition) is 1. The summed E-state index contributed by atoms with van der Waals surface area (Å²) in [4.78, 5) is 9.11. The van der Waals surface area contributed by atoms with E-state index in [1.165, 1.54) is 6.42 Å². The van der Waals surface area contributed by atoms with Gasteiger partial charge in [0, 0.05) is 19.6 Å². The minimum atomic E-state index is -0.436. The van der Waals surface area contributed by atoms with Crippen molar-refractivity contribution in [2.45, 2.75) is 25.9 Å². The van der Waals surface area contributed by atoms with Gasteiger partial charge in [-0.1, -0.05) is 6.92 Å². The molecule has 4 nitrogen and oxygen atoms in total. The van der Waals surface area contributed by atoms with Gasteiger partial charge < -0.3 is 14.9 Å². The lowest BCUT2D eigenvalue weighted by atomic mass is 10.2. The molecule has 0 radical (unpaired) electrons. The fourth-order valence-electron chi connectivity index (χ4n) is 2.30. The van der Waals surface area contributed by atoms with Crippen LogP contribution in [0.4, 0.5) is 5.69 Å². The van der Waals surface area contributed by atoms with Crippen molar-refractivity contribution in [1.29, 1.82) is 0 Å². The van der Waals surface area contributed by atoms with Crippen LogP contribution in [0.2, 0.25) is 0 Å². The molecule has 1 atom stereocenters. The first-order valence-electron chi connectivity index (χ1n) is 6.78. The van der Waals surface area contributed by atoms with E-state index >= 15 is 0 Å². The quantitative estimate of drug-likeness (QED) is 0.884. The number of likely N-dealkylation sites (N-methyl/N-ethyl adjacent to an activating group) is 1. The predicted octanol–water partition coefficient (Wildman–Crippen LogP) is 1.67. The van der Waals surface area contributed by atoms with Crippen LogP contribution in [0.25, 0.3) is 0 Å². The summed E-state index contributed by atoms with van der Waals surface area (Å²) in [5.74, 6) is 0. The summed E-state index contributed by atoms with van der Waals surface area (Å²) in [7, 11) is 2.17. The fraction of sp³-hybridized carbons (Fsp3) is 0.643. The summed E-state index contributed by atoms with van der Waals surface area (Å²) < 4.78 is 0. The van der Waals surface area contributed by atoms with Gasteiger partial charge in [0.1, 0.15) is 0 Å². The molecule has 1 saturated heterocycles. The van der Waals surface area contributed by atoms with Crippen molar-refractivity contribution < 1.29 is 5.11 Å². The van der Waals surface area contributed by atoms with Crippen LogP contribution >= 0.6 is 0 Å². The Kier molecular flexibility index (Phi) is 4.55. The van der Waals surface area contributed by atoms with Gasteiger partial charge in [-0.2, -0.15) is 0 Å². The third-order valence-electron chi connectivity index (χ3n) is 3.58. The van der Waals surface area contributed by atoms with E-state index in [4.69, 9.17) is 0 Å². The van der Waals surface area contributed by atoms with Gasteiger partial charge in [0.2, 0.25) is 0 Å². The van der Waals surface area contributed by atoms with Crippen LogP contribution in [0.1, 0.15) is 31.6 Å². The molecular formula is C14H23N3O. The molecule has 2 rings (SSSR count). The number of hydrogen-bond acceptors (Lipinski definition) is 4. The monoisotopic (exact) mass is 249 g/mol. The molecule has 0 aliphatic carbocycles. The van der Waals surface area contributed by atoms with E-state index in [9.17, 15) is 5.11 Å². The van der Waals surface area contributed by atoms with Gasteiger partial charge in [0.15, 0.2) is 0 Å². The number of anilines is 1. The zero-order valence-electron chi connectivity index (χ0n) is 11.3. The van der Waals surface area contributed by atoms with Crippen LogP contribution in [0.15, 0.2) is 18.3 Å². The van der Waals surface area contributed by atoms with Crippen molar-refractivity contribution in [3.63, 3.8) is 0 Å². The summed E-state index contributed by atoms with van der Waals surface area (Å²) in [6.07, 6.45) is 3.35. The van der Waals surface area contributed by atoms with Crippen LogP contribution in [0, 0.1) is 0 Å². The van der Waals surface area contributed by atoms with Crippen LogP contribution in [0.5, 0.6) is 0 Å². The maximum atomic E-state index is 9.73. The SMILES string of the molecule is CC[C@@H](O)c1ccc(N2CCCN(C)CC2)cn1. The van der Waals surface area contributed by atoms with Gasteiger partial charge in [-0.15, -0.1) is 0 Å². The molecule has 1 aromatic heterocycles. The maximum Gasteiger partial charge on any atom is 0.0957 e. The van der Waals surface area contributed by atoms with E-state index in [0.29, 0.717) is 6.42 Å². The normalized spacial score (nSPS) is 19.6. The first-order valence-corrected chi connectivity index (χ1v) is 6.78. The molecule has 0 saturated carbocycles. The first kappa shape index (κ1) is 13.3. The number of aliphatic hydroxyl groups is 1. The Balaban J connectivity index is 2.04. The number of aromatic nitrogens is 1. The summed E-state index contributed by atoms with van der Waals surface area (Å²) in [6.45, 7) is 6.36. The summed E-state index contributed by atoms with van der Waals surface area (Å²) in [5.41, 5.74) is 1.94. The van der Waals surface area contributed by atoms with E-state index in [2.05, 4.69) is 27.9 Å². The summed E-state index contributed by atoms with van der Waals surface area (Å²) in [6, 6.07) is 4.02. The van der Waals surface area contributed by atoms with Crippen LogP contribution < -0.4 is 4.90 Å². The summed E-state index contributed by atoms with van der Waals surface area (Å²) >= 11 is 0. The average Bonchev–Trinajstić information content (AvgIpc) is 2.63. The lowest BCUT2D eigenvalue weighted by Crippen LogP contribution is -2.28. The van der Waals surface area contributed by atoms with E-state index in [1.54, 1.807) is 0 Å². The minimum absolute atomic E-state index is 0.436. The highest BCUT2D eigenvalue weighted by atomic mass is 16.3. The zero-order valence-corrected chi connectivity index (χ0v) is 11.3. The van der Waals surface area contributed by atoms with E-state index in [1.807, 2.05) is 19.2 Å². The Morgan fingerprint density at radius 3 is 2.78 bits per heavy atom. The zero-order chi connectivity index (χ0) is 13.0. The Morgan fingerprint density at radius 1 is 1.28 bits per heavy atom. The van der Waals surface area contributed by atoms with Crippen molar-refractivity contribution in [3.8, 4) is 0 Å². The molecule has 2 heterocycles. The standard InChI is InChI=1S/C14H23N3O/c1-3-14(18)13-6-5-12(11-15-13)17-8-4-7-16(2)9-10-17/h5-6,11,14,18H,3-4,7-10H2,1-2H3/t14-/m1/s1. The van der Waals surface area contributed by atoms with Gasteiger partial charge in [0.05, 0.1) is 23.7 Å². The highest BCUT2D eigenvalue weighted by molar-refractivity contribution is 5.44. The molecule has 0 aromatic carbocycles. The van der Waals surface area contributed by atoms with Gasteiger partial charge in [0.25, 0.3) is 0 Å². The fourth-order valence-corrected chi connectivity index (χ4v) is 2.30. The number of pyridine rings is 1. The smallest absolute Gasteiger partial charge is 0.0957 e. The van der Waals surface area contributed by atoms with Gasteiger partial charge in [-0.3, -0.25) is 4.98 Å². The largest absolute Gasteiger partial charge is 0.387 e. The average molecular weight is 249 g/mol. The number of aliphatic hydroxyl groups excluding tert-OH is 1. The number of rotatable bonds is 3. The Hall–Kier alpha value is -1.13. The van der Waals surface area contributed by atoms with E-state index in [0.717, 1.165) is 37.6 Å². The van der Waals surface area contributed by atoms with Gasteiger partial charge >= 0.3 is 0 Å². The van der Waals surface area contributed by atoms with Crippen LogP contribution in [0.3, 0.4) is 0 Å². The highest BCUT2D eigenvalue weighted by Crippen LogP contribution is 2.19. The second-order valence-electron chi connectivity index (χ2n) is 5.01. The molecule has 1 aromatic rings. The molecule has 0 unspecified atom stereocenters. The van der Waals surface area contributed by atoms with Gasteiger partial charge in [-0.25, -0.2) is 0 Å². The number of nitrogens with zero attached hydrogens (tertiary/aromatic N) is 3. The third-order valence-corrected chi connectivity index (χ3v) is 3.58. The minimum Gasteiger partial charge on any atom is -0.387 e. The molecule has 1 fully saturated rings. The lowest BCUT2D eigenvalue weighted by Gasteiger charge is -2.22. The topological polar surface area (TPSA) is 39.6 Å². The van der Waals surface area contributed by atoms with Gasteiger partial charge in [-0.05, 0) is 38.6 Å². The van der Waals surface area contributed by atoms with Crippen molar-refractivity contribution in [1.82, 2.24) is 9.88 Å². The Morgan fingerprint density at radius 2 is 2.11 bits per heavy atom. The van der Waals surface area contributed by atoms with Crippen molar-refractivity contribution in [3.05, 3.63) is 24.0 Å². The molecule has 0 spiro atoms. The van der Waals surface area contributed by atoms with Crippen molar-refractivity contribution >= 4 is 5.69 Å². The molecule has 100 valence electrons. The second kappa shape index (κ2) is 6.16. The molecule has 1 N–H and O–H groups in total. The molecule has 4 heteroatoms. The van der Waals surface area contributed by atoms with Crippen molar-refractivity contribution in [2.24, 2.45) is 0 Å². The Labute approximate surface area is 109 Å².